The number of aliphatic carboxylic acids is 1. The van der Waals surface area contributed by atoms with Crippen LogP contribution in [-0.2, 0) is 21.6 Å². The minimum atomic E-state index is -1.43. The van der Waals surface area contributed by atoms with Gasteiger partial charge < -0.3 is 14.6 Å². The minimum absolute atomic E-state index is 0.0554. The van der Waals surface area contributed by atoms with Crippen LogP contribution in [0.4, 0.5) is 0 Å². The van der Waals surface area contributed by atoms with Crippen LogP contribution >= 0.6 is 0 Å². The van der Waals surface area contributed by atoms with Gasteiger partial charge in [-0.1, -0.05) is 67.6 Å². The number of benzene rings is 2. The van der Waals surface area contributed by atoms with E-state index in [2.05, 4.69) is 15.0 Å². The Hall–Kier alpha value is -3.32. The van der Waals surface area contributed by atoms with Crippen LogP contribution in [0.2, 0.25) is 0 Å². The quantitative estimate of drug-likeness (QED) is 0.596. The number of hydrogen-bond donors (Lipinski definition) is 1. The van der Waals surface area contributed by atoms with Gasteiger partial charge >= 0.3 is 12.0 Å². The molecule has 0 amide bonds. The monoisotopic (exact) mass is 393 g/mol. The molecule has 0 spiro atoms. The van der Waals surface area contributed by atoms with Crippen molar-refractivity contribution < 1.29 is 19.4 Å². The number of ether oxygens (including phenoxy) is 2. The molecule has 0 aliphatic heterocycles. The van der Waals surface area contributed by atoms with Crippen molar-refractivity contribution in [1.29, 1.82) is 0 Å². The highest BCUT2D eigenvalue weighted by Crippen LogP contribution is 2.39. The topological polar surface area (TPSA) is 94.4 Å². The van der Waals surface area contributed by atoms with E-state index < -0.39 is 17.7 Å². The Morgan fingerprint density at radius 2 is 1.59 bits per heavy atom. The average molecular weight is 393 g/mol. The first-order chi connectivity index (χ1) is 14.1. The van der Waals surface area contributed by atoms with Gasteiger partial charge in [0.25, 0.3) is 0 Å². The number of hydrogen-bond acceptors (Lipinski definition) is 6. The maximum atomic E-state index is 12.5. The predicted octanol–water partition coefficient (Wildman–Crippen LogP) is 3.25. The molecule has 0 saturated heterocycles. The zero-order chi connectivity index (χ0) is 20.7. The van der Waals surface area contributed by atoms with E-state index in [9.17, 15) is 9.90 Å². The Morgan fingerprint density at radius 1 is 1.00 bits per heavy atom. The van der Waals surface area contributed by atoms with Crippen molar-refractivity contribution in [3.63, 3.8) is 0 Å². The molecule has 0 bridgehead atoms. The fraction of sp³-hybridized carbons (Fsp3) is 0.273. The summed E-state index contributed by atoms with van der Waals surface area (Å²) in [4.78, 5) is 24.7. The molecule has 0 aliphatic rings. The first-order valence-corrected chi connectivity index (χ1v) is 9.44. The van der Waals surface area contributed by atoms with E-state index in [4.69, 9.17) is 9.47 Å². The zero-order valence-electron chi connectivity index (χ0n) is 16.4. The van der Waals surface area contributed by atoms with E-state index >= 15 is 0 Å². The number of carboxylic acid groups (broad SMARTS) is 1. The minimum Gasteiger partial charge on any atom is -0.478 e. The van der Waals surface area contributed by atoms with Crippen molar-refractivity contribution in [2.24, 2.45) is 0 Å². The molecule has 1 heterocycles. The van der Waals surface area contributed by atoms with Crippen molar-refractivity contribution in [3.8, 4) is 6.01 Å². The van der Waals surface area contributed by atoms with E-state index in [0.717, 1.165) is 0 Å². The normalized spacial score (nSPS) is 12.3. The van der Waals surface area contributed by atoms with Gasteiger partial charge in [0.2, 0.25) is 6.10 Å². The second kappa shape index (κ2) is 9.25. The number of carbonyl (C=O) groups is 1. The molecule has 0 saturated carbocycles. The van der Waals surface area contributed by atoms with E-state index in [0.29, 0.717) is 23.4 Å². The van der Waals surface area contributed by atoms with Gasteiger partial charge in [-0.2, -0.15) is 9.97 Å². The van der Waals surface area contributed by atoms with Crippen molar-refractivity contribution >= 4 is 5.97 Å². The number of aromatic nitrogens is 3. The van der Waals surface area contributed by atoms with E-state index in [1.807, 2.05) is 74.5 Å². The summed E-state index contributed by atoms with van der Waals surface area (Å²) in [6.07, 6.45) is 0.456. The molecule has 150 valence electrons. The van der Waals surface area contributed by atoms with Crippen LogP contribution in [0.25, 0.3) is 0 Å². The Balaban J connectivity index is 2.19. The van der Waals surface area contributed by atoms with Crippen molar-refractivity contribution in [1.82, 2.24) is 15.0 Å². The number of rotatable bonds is 9. The molecule has 1 unspecified atom stereocenters. The van der Waals surface area contributed by atoms with E-state index in [1.54, 1.807) is 0 Å². The summed E-state index contributed by atoms with van der Waals surface area (Å²) >= 11 is 0. The lowest BCUT2D eigenvalue weighted by atomic mass is 9.81. The first kappa shape index (κ1) is 20.4. The highest BCUT2D eigenvalue weighted by atomic mass is 16.6. The summed E-state index contributed by atoms with van der Waals surface area (Å²) in [7, 11) is 0. The van der Waals surface area contributed by atoms with Gasteiger partial charge in [-0.3, -0.25) is 0 Å². The molecule has 3 aromatic rings. The maximum absolute atomic E-state index is 12.5. The van der Waals surface area contributed by atoms with Crippen molar-refractivity contribution in [2.45, 2.75) is 32.0 Å². The number of nitrogens with zero attached hydrogens (tertiary/aromatic N) is 3. The van der Waals surface area contributed by atoms with Gasteiger partial charge in [-0.05, 0) is 18.1 Å². The SMILES string of the molecule is CCOC(c1ccccc1)(c1ccccc1)C(Oc1ncnc(CC)n1)C(=O)O. The summed E-state index contributed by atoms with van der Waals surface area (Å²) in [5.74, 6) is -0.676. The summed E-state index contributed by atoms with van der Waals surface area (Å²) in [5.41, 5.74) is -0.0855. The lowest BCUT2D eigenvalue weighted by molar-refractivity contribution is -0.163. The molecule has 0 aliphatic carbocycles. The maximum Gasteiger partial charge on any atom is 0.348 e. The van der Waals surface area contributed by atoms with Crippen molar-refractivity contribution in [2.75, 3.05) is 6.61 Å². The van der Waals surface area contributed by atoms with E-state index in [1.165, 1.54) is 6.33 Å². The molecule has 29 heavy (non-hydrogen) atoms. The molecule has 2 aromatic carbocycles. The van der Waals surface area contributed by atoms with E-state index in [-0.39, 0.29) is 12.6 Å². The average Bonchev–Trinajstić information content (AvgIpc) is 2.77. The fourth-order valence-corrected chi connectivity index (χ4v) is 3.26. The molecular weight excluding hydrogens is 370 g/mol. The molecule has 0 radical (unpaired) electrons. The molecule has 1 atom stereocenters. The lowest BCUT2D eigenvalue weighted by Crippen LogP contribution is -2.51. The van der Waals surface area contributed by atoms with Gasteiger partial charge in [0.15, 0.2) is 5.60 Å². The Bertz CT molecular complexity index is 896. The molecule has 7 heteroatoms. The molecule has 3 rings (SSSR count). The summed E-state index contributed by atoms with van der Waals surface area (Å²) in [6.45, 7) is 3.98. The zero-order valence-corrected chi connectivity index (χ0v) is 16.4. The molecule has 7 nitrogen and oxygen atoms in total. The van der Waals surface area contributed by atoms with Crippen LogP contribution in [0.1, 0.15) is 30.8 Å². The standard InChI is InChI=1S/C22H23N3O4/c1-3-18-23-15-24-21(25-18)29-19(20(26)27)22(28-4-2,16-11-7-5-8-12-16)17-13-9-6-10-14-17/h5-15,19H,3-4H2,1-2H3,(H,26,27). The fourth-order valence-electron chi connectivity index (χ4n) is 3.26. The van der Waals surface area contributed by atoms with Gasteiger partial charge in [-0.15, -0.1) is 0 Å². The van der Waals surface area contributed by atoms with Gasteiger partial charge in [-0.25, -0.2) is 9.78 Å². The molecule has 1 N–H and O–H groups in total. The third kappa shape index (κ3) is 4.25. The van der Waals surface area contributed by atoms with Crippen molar-refractivity contribution in [3.05, 3.63) is 83.9 Å². The number of aryl methyl sites for hydroxylation is 1. The van der Waals surface area contributed by atoms with Crippen LogP contribution in [-0.4, -0.2) is 38.7 Å². The van der Waals surface area contributed by atoms with Gasteiger partial charge in [0.05, 0.1) is 0 Å². The van der Waals surface area contributed by atoms with Gasteiger partial charge in [0, 0.05) is 13.0 Å². The predicted molar refractivity (Wildman–Crippen MR) is 107 cm³/mol. The Kier molecular flexibility index (Phi) is 6.51. The number of carboxylic acids is 1. The summed E-state index contributed by atoms with van der Waals surface area (Å²) < 4.78 is 12.0. The van der Waals surface area contributed by atoms with Crippen LogP contribution in [0.3, 0.4) is 0 Å². The molecule has 0 fully saturated rings. The first-order valence-electron chi connectivity index (χ1n) is 9.44. The molecular formula is C22H23N3O4. The second-order valence-corrected chi connectivity index (χ2v) is 6.27. The lowest BCUT2D eigenvalue weighted by Gasteiger charge is -2.38. The molecule has 1 aromatic heterocycles. The summed E-state index contributed by atoms with van der Waals surface area (Å²) in [6, 6.07) is 18.3. The Labute approximate surface area is 169 Å². The smallest absolute Gasteiger partial charge is 0.348 e. The van der Waals surface area contributed by atoms with Crippen LogP contribution in [0, 0.1) is 0 Å². The highest BCUT2D eigenvalue weighted by Gasteiger charge is 2.50. The second-order valence-electron chi connectivity index (χ2n) is 6.27. The van der Waals surface area contributed by atoms with Gasteiger partial charge in [0.1, 0.15) is 12.2 Å². The van der Waals surface area contributed by atoms with Crippen LogP contribution in [0.15, 0.2) is 67.0 Å². The summed E-state index contributed by atoms with van der Waals surface area (Å²) in [5, 5.41) is 10.2. The van der Waals surface area contributed by atoms with Crippen LogP contribution < -0.4 is 4.74 Å². The Morgan fingerprint density at radius 3 is 2.07 bits per heavy atom. The third-order valence-corrected chi connectivity index (χ3v) is 4.51. The largest absolute Gasteiger partial charge is 0.478 e. The highest BCUT2D eigenvalue weighted by molar-refractivity contribution is 5.76. The van der Waals surface area contributed by atoms with Crippen LogP contribution in [0.5, 0.6) is 6.01 Å². The third-order valence-electron chi connectivity index (χ3n) is 4.51.